The first-order chi connectivity index (χ1) is 7.69. The first-order valence-electron chi connectivity index (χ1n) is 5.44. The molecule has 16 heavy (non-hydrogen) atoms. The van der Waals surface area contributed by atoms with Gasteiger partial charge in [0.2, 0.25) is 0 Å². The molecule has 0 saturated carbocycles. The number of Topliss-reactive ketones (excluding diaryl/α,β-unsaturated/α-hetero) is 1. The molecule has 0 heterocycles. The molecule has 1 aromatic rings. The number of hydrogen-bond donors (Lipinski definition) is 0. The summed E-state index contributed by atoms with van der Waals surface area (Å²) in [5, 5.41) is 0. The van der Waals surface area contributed by atoms with Crippen molar-refractivity contribution in [2.24, 2.45) is 0 Å². The number of rotatable bonds is 6. The maximum absolute atomic E-state index is 11.7. The third-order valence-corrected chi connectivity index (χ3v) is 2.30. The Labute approximate surface area is 96.4 Å². The van der Waals surface area contributed by atoms with E-state index in [1.54, 1.807) is 13.2 Å². The smallest absolute Gasteiger partial charge is 0.188 e. The Morgan fingerprint density at radius 1 is 1.38 bits per heavy atom. The maximum atomic E-state index is 11.7. The van der Waals surface area contributed by atoms with E-state index in [0.29, 0.717) is 12.2 Å². The highest BCUT2D eigenvalue weighted by Crippen LogP contribution is 2.18. The van der Waals surface area contributed by atoms with Crippen LogP contribution >= 0.6 is 0 Å². The summed E-state index contributed by atoms with van der Waals surface area (Å²) in [6.45, 7) is 4.71. The van der Waals surface area contributed by atoms with Gasteiger partial charge in [0, 0.05) is 12.2 Å². The van der Waals surface area contributed by atoms with Crippen molar-refractivity contribution in [2.45, 2.75) is 20.3 Å². The molecule has 0 amide bonds. The summed E-state index contributed by atoms with van der Waals surface area (Å²) in [6.07, 6.45) is 0.926. The van der Waals surface area contributed by atoms with Gasteiger partial charge in [-0.25, -0.2) is 0 Å². The van der Waals surface area contributed by atoms with Crippen molar-refractivity contribution in [3.8, 4) is 5.75 Å². The lowest BCUT2D eigenvalue weighted by Gasteiger charge is -2.07. The molecule has 1 aromatic carbocycles. The van der Waals surface area contributed by atoms with Gasteiger partial charge in [-0.05, 0) is 37.1 Å². The minimum Gasteiger partial charge on any atom is -0.496 e. The number of hydrogen-bond acceptors (Lipinski definition) is 3. The van der Waals surface area contributed by atoms with E-state index in [9.17, 15) is 4.79 Å². The highest BCUT2D eigenvalue weighted by molar-refractivity contribution is 5.97. The average molecular weight is 222 g/mol. The molecule has 0 aliphatic rings. The quantitative estimate of drug-likeness (QED) is 0.548. The van der Waals surface area contributed by atoms with Crippen LogP contribution in [0.4, 0.5) is 0 Å². The monoisotopic (exact) mass is 222 g/mol. The van der Waals surface area contributed by atoms with E-state index in [0.717, 1.165) is 17.7 Å². The predicted octanol–water partition coefficient (Wildman–Crippen LogP) is 2.61. The summed E-state index contributed by atoms with van der Waals surface area (Å²) < 4.78 is 10.4. The largest absolute Gasteiger partial charge is 0.496 e. The van der Waals surface area contributed by atoms with Crippen LogP contribution in [0.2, 0.25) is 0 Å². The van der Waals surface area contributed by atoms with E-state index < -0.39 is 0 Å². The van der Waals surface area contributed by atoms with Gasteiger partial charge in [0.05, 0.1) is 7.11 Å². The van der Waals surface area contributed by atoms with Crippen LogP contribution in [0.15, 0.2) is 18.2 Å². The van der Waals surface area contributed by atoms with Crippen LogP contribution in [0.25, 0.3) is 0 Å². The third kappa shape index (κ3) is 3.35. The Bertz CT molecular complexity index is 358. The van der Waals surface area contributed by atoms with E-state index in [1.807, 2.05) is 26.0 Å². The molecule has 0 N–H and O–H groups in total. The summed E-state index contributed by atoms with van der Waals surface area (Å²) in [5.74, 6) is 0.810. The van der Waals surface area contributed by atoms with E-state index in [1.165, 1.54) is 0 Å². The topological polar surface area (TPSA) is 35.5 Å². The summed E-state index contributed by atoms with van der Waals surface area (Å²) in [5.41, 5.74) is 1.64. The molecule has 0 aliphatic carbocycles. The minimum absolute atomic E-state index is 0.0132. The van der Waals surface area contributed by atoms with Crippen LogP contribution in [-0.2, 0) is 4.74 Å². The number of ether oxygens (including phenoxy) is 2. The van der Waals surface area contributed by atoms with Crippen molar-refractivity contribution in [1.29, 1.82) is 0 Å². The van der Waals surface area contributed by atoms with E-state index >= 15 is 0 Å². The van der Waals surface area contributed by atoms with Crippen LogP contribution in [-0.4, -0.2) is 26.1 Å². The van der Waals surface area contributed by atoms with Gasteiger partial charge in [0.25, 0.3) is 0 Å². The Kier molecular flexibility index (Phi) is 4.99. The van der Waals surface area contributed by atoms with Gasteiger partial charge >= 0.3 is 0 Å². The fraction of sp³-hybridized carbons (Fsp3) is 0.462. The number of carbonyl (C=O) groups is 1. The van der Waals surface area contributed by atoms with E-state index in [2.05, 4.69) is 0 Å². The van der Waals surface area contributed by atoms with Crippen LogP contribution in [0.3, 0.4) is 0 Å². The van der Waals surface area contributed by atoms with Gasteiger partial charge in [-0.2, -0.15) is 0 Å². The van der Waals surface area contributed by atoms with Crippen molar-refractivity contribution in [1.82, 2.24) is 0 Å². The molecule has 0 spiro atoms. The van der Waals surface area contributed by atoms with Gasteiger partial charge < -0.3 is 9.47 Å². The molecule has 0 radical (unpaired) electrons. The SMILES string of the molecule is CCCOCC(=O)c1ccc(OC)c(C)c1. The molecule has 0 atom stereocenters. The summed E-state index contributed by atoms with van der Waals surface area (Å²) in [7, 11) is 1.62. The molecular formula is C13H18O3. The molecule has 0 fully saturated rings. The standard InChI is InChI=1S/C13H18O3/c1-4-7-16-9-12(14)11-5-6-13(15-3)10(2)8-11/h5-6,8H,4,7,9H2,1-3H3. The van der Waals surface area contributed by atoms with Crippen LogP contribution in [0, 0.1) is 6.92 Å². The van der Waals surface area contributed by atoms with Gasteiger partial charge in [-0.15, -0.1) is 0 Å². The lowest BCUT2D eigenvalue weighted by Crippen LogP contribution is -2.09. The number of ketones is 1. The van der Waals surface area contributed by atoms with Gasteiger partial charge in [0.15, 0.2) is 5.78 Å². The number of benzene rings is 1. The Hall–Kier alpha value is -1.35. The predicted molar refractivity (Wildman–Crippen MR) is 63.2 cm³/mol. The molecule has 0 aliphatic heterocycles. The second kappa shape index (κ2) is 6.28. The first kappa shape index (κ1) is 12.7. The van der Waals surface area contributed by atoms with Crippen molar-refractivity contribution >= 4 is 5.78 Å². The molecule has 0 saturated heterocycles. The Morgan fingerprint density at radius 3 is 2.69 bits per heavy atom. The van der Waals surface area contributed by atoms with Gasteiger partial charge in [0.1, 0.15) is 12.4 Å². The normalized spacial score (nSPS) is 10.2. The Morgan fingerprint density at radius 2 is 2.12 bits per heavy atom. The molecule has 3 nitrogen and oxygen atoms in total. The molecule has 0 unspecified atom stereocenters. The van der Waals surface area contributed by atoms with Gasteiger partial charge in [-0.1, -0.05) is 6.92 Å². The average Bonchev–Trinajstić information content (AvgIpc) is 2.29. The van der Waals surface area contributed by atoms with Crippen LogP contribution in [0.5, 0.6) is 5.75 Å². The lowest BCUT2D eigenvalue weighted by atomic mass is 10.1. The molecule has 0 aromatic heterocycles. The minimum atomic E-state index is 0.0132. The summed E-state index contributed by atoms with van der Waals surface area (Å²) in [4.78, 5) is 11.7. The highest BCUT2D eigenvalue weighted by atomic mass is 16.5. The van der Waals surface area contributed by atoms with Crippen LogP contribution < -0.4 is 4.74 Å². The van der Waals surface area contributed by atoms with Crippen molar-refractivity contribution < 1.29 is 14.3 Å². The molecule has 3 heteroatoms. The zero-order valence-corrected chi connectivity index (χ0v) is 10.1. The van der Waals surface area contributed by atoms with Crippen molar-refractivity contribution in [3.05, 3.63) is 29.3 Å². The van der Waals surface area contributed by atoms with E-state index in [-0.39, 0.29) is 12.4 Å². The van der Waals surface area contributed by atoms with Crippen LogP contribution in [0.1, 0.15) is 29.3 Å². The van der Waals surface area contributed by atoms with Crippen molar-refractivity contribution in [2.75, 3.05) is 20.3 Å². The molecular weight excluding hydrogens is 204 g/mol. The summed E-state index contributed by atoms with van der Waals surface area (Å²) >= 11 is 0. The second-order valence-corrected chi connectivity index (χ2v) is 3.66. The number of aryl methyl sites for hydroxylation is 1. The third-order valence-electron chi connectivity index (χ3n) is 2.30. The van der Waals surface area contributed by atoms with Crippen molar-refractivity contribution in [3.63, 3.8) is 0 Å². The molecule has 1 rings (SSSR count). The number of methoxy groups -OCH3 is 1. The maximum Gasteiger partial charge on any atom is 0.188 e. The summed E-state index contributed by atoms with van der Waals surface area (Å²) in [6, 6.07) is 5.41. The fourth-order valence-electron chi connectivity index (χ4n) is 1.44. The molecule has 0 bridgehead atoms. The first-order valence-corrected chi connectivity index (χ1v) is 5.44. The highest BCUT2D eigenvalue weighted by Gasteiger charge is 2.07. The zero-order valence-electron chi connectivity index (χ0n) is 10.1. The lowest BCUT2D eigenvalue weighted by molar-refractivity contribution is 0.0761. The Balaban J connectivity index is 2.66. The zero-order chi connectivity index (χ0) is 12.0. The van der Waals surface area contributed by atoms with E-state index in [4.69, 9.17) is 9.47 Å². The van der Waals surface area contributed by atoms with Gasteiger partial charge in [-0.3, -0.25) is 4.79 Å². The fourth-order valence-corrected chi connectivity index (χ4v) is 1.44. The second-order valence-electron chi connectivity index (χ2n) is 3.66. The molecule has 88 valence electrons. The number of carbonyl (C=O) groups excluding carboxylic acids is 1.